The Labute approximate surface area is 135 Å². The van der Waals surface area contributed by atoms with Crippen LogP contribution in [-0.2, 0) is 19.1 Å². The lowest BCUT2D eigenvalue weighted by atomic mass is 10.0. The molecule has 4 nitrogen and oxygen atoms in total. The van der Waals surface area contributed by atoms with Crippen LogP contribution in [0.1, 0.15) is 77.0 Å². The van der Waals surface area contributed by atoms with Gasteiger partial charge in [0.2, 0.25) is 0 Å². The van der Waals surface area contributed by atoms with Gasteiger partial charge in [0, 0.05) is 18.9 Å². The molecule has 0 aliphatic carbocycles. The van der Waals surface area contributed by atoms with Crippen LogP contribution < -0.4 is 0 Å². The molecule has 0 saturated heterocycles. The molecule has 0 bridgehead atoms. The Hall–Kier alpha value is -1.32. The number of esters is 1. The number of allylic oxidation sites excluding steroid dienone is 1. The summed E-state index contributed by atoms with van der Waals surface area (Å²) in [4.78, 5) is 22.2. The van der Waals surface area contributed by atoms with Gasteiger partial charge >= 0.3 is 5.97 Å². The smallest absolute Gasteiger partial charge is 0.305 e. The van der Waals surface area contributed by atoms with Gasteiger partial charge in [-0.1, -0.05) is 51.4 Å². The maximum atomic E-state index is 11.3. The summed E-state index contributed by atoms with van der Waals surface area (Å²) in [5.41, 5.74) is 0. The highest BCUT2D eigenvalue weighted by molar-refractivity contribution is 5.89. The quantitative estimate of drug-likeness (QED) is 0.192. The first-order valence-electron chi connectivity index (χ1n) is 8.49. The van der Waals surface area contributed by atoms with E-state index in [1.807, 2.05) is 0 Å². The van der Waals surface area contributed by atoms with Crippen molar-refractivity contribution < 1.29 is 19.1 Å². The first kappa shape index (κ1) is 20.7. The molecule has 0 radical (unpaired) electrons. The number of ketones is 1. The van der Waals surface area contributed by atoms with Crippen molar-refractivity contribution in [1.29, 1.82) is 0 Å². The number of unbranched alkanes of at least 4 members (excludes halogenated alkanes) is 9. The Kier molecular flexibility index (Phi) is 15.1. The first-order chi connectivity index (χ1) is 10.7. The molecule has 0 atom stereocenters. The summed E-state index contributed by atoms with van der Waals surface area (Å²) in [7, 11) is 2.98. The summed E-state index contributed by atoms with van der Waals surface area (Å²) in [5, 5.41) is 0. The normalized spacial score (nSPS) is 10.8. The minimum absolute atomic E-state index is 0.101. The molecule has 0 rings (SSSR count). The second kappa shape index (κ2) is 16.1. The third-order valence-electron chi connectivity index (χ3n) is 3.67. The van der Waals surface area contributed by atoms with E-state index >= 15 is 0 Å². The molecule has 0 aromatic rings. The summed E-state index contributed by atoms with van der Waals surface area (Å²) in [6, 6.07) is 0. The minimum Gasteiger partial charge on any atom is -0.504 e. The Morgan fingerprint density at radius 3 is 1.64 bits per heavy atom. The van der Waals surface area contributed by atoms with Gasteiger partial charge in [0.1, 0.15) is 0 Å². The van der Waals surface area contributed by atoms with Crippen LogP contribution in [0.2, 0.25) is 0 Å². The van der Waals surface area contributed by atoms with Crippen molar-refractivity contribution in [3.05, 3.63) is 12.3 Å². The summed E-state index contributed by atoms with van der Waals surface area (Å²) < 4.78 is 9.32. The van der Waals surface area contributed by atoms with Gasteiger partial charge in [-0.05, 0) is 12.8 Å². The zero-order chi connectivity index (χ0) is 16.5. The van der Waals surface area contributed by atoms with Crippen LogP contribution in [0.15, 0.2) is 12.3 Å². The zero-order valence-corrected chi connectivity index (χ0v) is 14.3. The fraction of sp³-hybridized carbons (Fsp3) is 0.778. The second-order valence-electron chi connectivity index (χ2n) is 5.62. The summed E-state index contributed by atoms with van der Waals surface area (Å²) in [6.45, 7) is 0. The van der Waals surface area contributed by atoms with E-state index in [1.54, 1.807) is 7.11 Å². The van der Waals surface area contributed by atoms with E-state index in [9.17, 15) is 9.59 Å². The Balaban J connectivity index is 3.16. The highest BCUT2D eigenvalue weighted by Crippen LogP contribution is 2.12. The van der Waals surface area contributed by atoms with Crippen LogP contribution in [0.4, 0.5) is 0 Å². The molecule has 0 amide bonds. The van der Waals surface area contributed by atoms with Crippen LogP contribution >= 0.6 is 0 Å². The number of hydrogen-bond acceptors (Lipinski definition) is 4. The predicted octanol–water partition coefficient (Wildman–Crippen LogP) is 4.57. The van der Waals surface area contributed by atoms with Gasteiger partial charge in [-0.25, -0.2) is 0 Å². The van der Waals surface area contributed by atoms with E-state index in [0.29, 0.717) is 12.8 Å². The molecule has 0 N–H and O–H groups in total. The van der Waals surface area contributed by atoms with E-state index in [0.717, 1.165) is 25.7 Å². The molecule has 0 spiro atoms. The Morgan fingerprint density at radius 1 is 0.727 bits per heavy atom. The van der Waals surface area contributed by atoms with Gasteiger partial charge in [0.15, 0.2) is 5.78 Å². The van der Waals surface area contributed by atoms with E-state index < -0.39 is 0 Å². The highest BCUT2D eigenvalue weighted by atomic mass is 16.5. The standard InChI is InChI=1S/C18H32O4/c1-21-16-15-17(19)13-11-9-7-5-3-4-6-8-10-12-14-18(20)22-2/h15-16H,3-14H2,1-2H3/b16-15+. The van der Waals surface area contributed by atoms with Crippen LogP contribution in [0.5, 0.6) is 0 Å². The Morgan fingerprint density at radius 2 is 1.18 bits per heavy atom. The molecule has 4 heteroatoms. The van der Waals surface area contributed by atoms with Crippen LogP contribution in [0.3, 0.4) is 0 Å². The summed E-state index contributed by atoms with van der Waals surface area (Å²) in [6.07, 6.45) is 15.7. The third-order valence-corrected chi connectivity index (χ3v) is 3.67. The lowest BCUT2D eigenvalue weighted by Gasteiger charge is -2.02. The van der Waals surface area contributed by atoms with Crippen molar-refractivity contribution in [2.75, 3.05) is 14.2 Å². The zero-order valence-electron chi connectivity index (χ0n) is 14.3. The molecule has 0 unspecified atom stereocenters. The lowest BCUT2D eigenvalue weighted by Crippen LogP contribution is -1.99. The van der Waals surface area contributed by atoms with Crippen LogP contribution in [-0.4, -0.2) is 26.0 Å². The molecule has 128 valence electrons. The molecule has 0 aliphatic heterocycles. The lowest BCUT2D eigenvalue weighted by molar-refractivity contribution is -0.140. The number of carbonyl (C=O) groups excluding carboxylic acids is 2. The largest absolute Gasteiger partial charge is 0.504 e. The molecular weight excluding hydrogens is 280 g/mol. The summed E-state index contributed by atoms with van der Waals surface area (Å²) in [5.74, 6) is 0.0463. The number of rotatable bonds is 15. The van der Waals surface area contributed by atoms with Gasteiger partial charge in [0.25, 0.3) is 0 Å². The molecule has 0 fully saturated rings. The monoisotopic (exact) mass is 312 g/mol. The van der Waals surface area contributed by atoms with Crippen LogP contribution in [0, 0.1) is 0 Å². The van der Waals surface area contributed by atoms with Crippen molar-refractivity contribution in [3.8, 4) is 0 Å². The third kappa shape index (κ3) is 15.1. The maximum absolute atomic E-state index is 11.3. The molecule has 22 heavy (non-hydrogen) atoms. The Bertz CT molecular complexity index is 310. The topological polar surface area (TPSA) is 52.6 Å². The van der Waals surface area contributed by atoms with E-state index in [1.165, 1.54) is 58.0 Å². The average molecular weight is 312 g/mol. The number of hydrogen-bond donors (Lipinski definition) is 0. The van der Waals surface area contributed by atoms with Crippen molar-refractivity contribution in [3.63, 3.8) is 0 Å². The van der Waals surface area contributed by atoms with Crippen molar-refractivity contribution in [2.24, 2.45) is 0 Å². The molecule has 0 aromatic heterocycles. The molecule has 0 saturated carbocycles. The van der Waals surface area contributed by atoms with Crippen LogP contribution in [0.25, 0.3) is 0 Å². The van der Waals surface area contributed by atoms with E-state index in [2.05, 4.69) is 4.74 Å². The second-order valence-corrected chi connectivity index (χ2v) is 5.62. The number of methoxy groups -OCH3 is 2. The fourth-order valence-corrected chi connectivity index (χ4v) is 2.31. The fourth-order valence-electron chi connectivity index (χ4n) is 2.31. The van der Waals surface area contributed by atoms with Gasteiger partial charge in [-0.2, -0.15) is 0 Å². The summed E-state index contributed by atoms with van der Waals surface area (Å²) >= 11 is 0. The van der Waals surface area contributed by atoms with E-state index in [4.69, 9.17) is 4.74 Å². The van der Waals surface area contributed by atoms with Crippen molar-refractivity contribution in [1.82, 2.24) is 0 Å². The molecule has 0 heterocycles. The number of carbonyl (C=O) groups is 2. The molecule has 0 aromatic carbocycles. The van der Waals surface area contributed by atoms with Gasteiger partial charge in [-0.3, -0.25) is 9.59 Å². The maximum Gasteiger partial charge on any atom is 0.305 e. The first-order valence-corrected chi connectivity index (χ1v) is 8.49. The predicted molar refractivity (Wildman–Crippen MR) is 88.6 cm³/mol. The van der Waals surface area contributed by atoms with Crippen molar-refractivity contribution in [2.45, 2.75) is 77.0 Å². The van der Waals surface area contributed by atoms with Gasteiger partial charge in [-0.15, -0.1) is 0 Å². The highest BCUT2D eigenvalue weighted by Gasteiger charge is 1.99. The minimum atomic E-state index is -0.101. The number of ether oxygens (including phenoxy) is 2. The SMILES string of the molecule is CO/C=C/C(=O)CCCCCCCCCCCCC(=O)OC. The average Bonchev–Trinajstić information content (AvgIpc) is 2.53. The molecule has 0 aliphatic rings. The molecular formula is C18H32O4. The van der Waals surface area contributed by atoms with Crippen molar-refractivity contribution >= 4 is 11.8 Å². The van der Waals surface area contributed by atoms with E-state index in [-0.39, 0.29) is 11.8 Å². The van der Waals surface area contributed by atoms with Gasteiger partial charge < -0.3 is 9.47 Å². The van der Waals surface area contributed by atoms with Gasteiger partial charge in [0.05, 0.1) is 20.5 Å².